The SMILES string of the molecule is OC(c1ccc2ncccc2c1)c1cccc(Cl)c1Cl. The van der Waals surface area contributed by atoms with Gasteiger partial charge in [-0.05, 0) is 29.8 Å². The van der Waals surface area contributed by atoms with Crippen molar-refractivity contribution in [2.24, 2.45) is 0 Å². The molecule has 0 saturated carbocycles. The lowest BCUT2D eigenvalue weighted by Gasteiger charge is -2.14. The van der Waals surface area contributed by atoms with E-state index >= 15 is 0 Å². The highest BCUT2D eigenvalue weighted by atomic mass is 35.5. The number of hydrogen-bond donors (Lipinski definition) is 1. The zero-order chi connectivity index (χ0) is 14.1. The second-order valence-corrected chi connectivity index (χ2v) is 5.29. The van der Waals surface area contributed by atoms with Crippen LogP contribution in [0.1, 0.15) is 17.2 Å². The highest BCUT2D eigenvalue weighted by Gasteiger charge is 2.15. The lowest BCUT2D eigenvalue weighted by atomic mass is 10.00. The molecule has 1 N–H and O–H groups in total. The molecule has 0 aliphatic rings. The summed E-state index contributed by atoms with van der Waals surface area (Å²) in [7, 11) is 0. The molecule has 1 heterocycles. The van der Waals surface area contributed by atoms with Crippen molar-refractivity contribution in [3.8, 4) is 0 Å². The summed E-state index contributed by atoms with van der Waals surface area (Å²) in [6, 6.07) is 14.7. The van der Waals surface area contributed by atoms with Gasteiger partial charge >= 0.3 is 0 Å². The Morgan fingerprint density at radius 3 is 2.70 bits per heavy atom. The lowest BCUT2D eigenvalue weighted by molar-refractivity contribution is 0.220. The Balaban J connectivity index is 2.08. The Morgan fingerprint density at radius 2 is 1.85 bits per heavy atom. The molecule has 0 amide bonds. The van der Waals surface area contributed by atoms with Crippen LogP contribution in [0.4, 0.5) is 0 Å². The third kappa shape index (κ3) is 2.38. The van der Waals surface area contributed by atoms with Gasteiger partial charge in [0.25, 0.3) is 0 Å². The molecule has 0 aliphatic carbocycles. The van der Waals surface area contributed by atoms with Gasteiger partial charge in [-0.25, -0.2) is 0 Å². The molecule has 0 spiro atoms. The van der Waals surface area contributed by atoms with Crippen LogP contribution in [0.25, 0.3) is 10.9 Å². The maximum Gasteiger partial charge on any atom is 0.106 e. The summed E-state index contributed by atoms with van der Waals surface area (Å²) in [5.74, 6) is 0. The minimum Gasteiger partial charge on any atom is -0.384 e. The predicted octanol–water partition coefficient (Wildman–Crippen LogP) is 4.62. The molecule has 4 heteroatoms. The molecule has 2 nitrogen and oxygen atoms in total. The quantitative estimate of drug-likeness (QED) is 0.749. The van der Waals surface area contributed by atoms with Gasteiger partial charge in [-0.2, -0.15) is 0 Å². The van der Waals surface area contributed by atoms with E-state index in [1.807, 2.05) is 30.3 Å². The molecule has 0 radical (unpaired) electrons. The number of pyridine rings is 1. The largest absolute Gasteiger partial charge is 0.384 e. The highest BCUT2D eigenvalue weighted by molar-refractivity contribution is 6.42. The first kappa shape index (κ1) is 13.4. The first-order valence-electron chi connectivity index (χ1n) is 6.13. The molecular formula is C16H11Cl2NO. The van der Waals surface area contributed by atoms with E-state index in [-0.39, 0.29) is 0 Å². The van der Waals surface area contributed by atoms with Gasteiger partial charge in [0.05, 0.1) is 15.6 Å². The molecule has 100 valence electrons. The van der Waals surface area contributed by atoms with Crippen molar-refractivity contribution in [1.29, 1.82) is 0 Å². The van der Waals surface area contributed by atoms with E-state index in [2.05, 4.69) is 4.98 Å². The fourth-order valence-electron chi connectivity index (χ4n) is 2.18. The Labute approximate surface area is 126 Å². The van der Waals surface area contributed by atoms with Crippen LogP contribution in [-0.2, 0) is 0 Å². The summed E-state index contributed by atoms with van der Waals surface area (Å²) in [6.45, 7) is 0. The van der Waals surface area contributed by atoms with Crippen molar-refractivity contribution in [2.75, 3.05) is 0 Å². The Kier molecular flexibility index (Phi) is 3.62. The van der Waals surface area contributed by atoms with Gasteiger partial charge in [0, 0.05) is 17.1 Å². The molecule has 3 rings (SSSR count). The Hall–Kier alpha value is -1.61. The van der Waals surface area contributed by atoms with E-state index in [1.165, 1.54) is 0 Å². The fourth-order valence-corrected chi connectivity index (χ4v) is 2.59. The molecule has 0 bridgehead atoms. The second kappa shape index (κ2) is 5.41. The van der Waals surface area contributed by atoms with Crippen LogP contribution >= 0.6 is 23.2 Å². The van der Waals surface area contributed by atoms with Crippen molar-refractivity contribution < 1.29 is 5.11 Å². The summed E-state index contributed by atoms with van der Waals surface area (Å²) in [4.78, 5) is 4.26. The summed E-state index contributed by atoms with van der Waals surface area (Å²) in [5, 5.41) is 12.3. The highest BCUT2D eigenvalue weighted by Crippen LogP contribution is 2.33. The van der Waals surface area contributed by atoms with Gasteiger partial charge in [0.15, 0.2) is 0 Å². The van der Waals surface area contributed by atoms with Crippen molar-refractivity contribution in [2.45, 2.75) is 6.10 Å². The predicted molar refractivity (Wildman–Crippen MR) is 82.3 cm³/mol. The van der Waals surface area contributed by atoms with Crippen LogP contribution < -0.4 is 0 Å². The summed E-state index contributed by atoms with van der Waals surface area (Å²) in [6.07, 6.45) is 0.928. The lowest BCUT2D eigenvalue weighted by Crippen LogP contribution is -2.00. The summed E-state index contributed by atoms with van der Waals surface area (Å²) < 4.78 is 0. The third-order valence-electron chi connectivity index (χ3n) is 3.22. The van der Waals surface area contributed by atoms with Crippen molar-refractivity contribution in [3.05, 3.63) is 75.9 Å². The zero-order valence-electron chi connectivity index (χ0n) is 10.4. The normalized spacial score (nSPS) is 12.6. The van der Waals surface area contributed by atoms with Gasteiger partial charge in [0.2, 0.25) is 0 Å². The van der Waals surface area contributed by atoms with Crippen molar-refractivity contribution in [1.82, 2.24) is 4.98 Å². The number of fused-ring (bicyclic) bond motifs is 1. The Bertz CT molecular complexity index is 773. The Morgan fingerprint density at radius 1 is 1.00 bits per heavy atom. The fraction of sp³-hybridized carbons (Fsp3) is 0.0625. The average molecular weight is 304 g/mol. The van der Waals surface area contributed by atoms with Crippen LogP contribution in [0.3, 0.4) is 0 Å². The molecule has 1 aromatic heterocycles. The van der Waals surface area contributed by atoms with Crippen molar-refractivity contribution in [3.63, 3.8) is 0 Å². The van der Waals surface area contributed by atoms with E-state index in [4.69, 9.17) is 23.2 Å². The number of aliphatic hydroxyl groups excluding tert-OH is 1. The molecule has 1 unspecified atom stereocenters. The van der Waals surface area contributed by atoms with Gasteiger partial charge in [-0.3, -0.25) is 4.98 Å². The van der Waals surface area contributed by atoms with Crippen LogP contribution in [0.2, 0.25) is 10.0 Å². The smallest absolute Gasteiger partial charge is 0.106 e. The molecule has 0 saturated heterocycles. The van der Waals surface area contributed by atoms with Crippen LogP contribution in [-0.4, -0.2) is 10.1 Å². The number of hydrogen-bond acceptors (Lipinski definition) is 2. The molecular weight excluding hydrogens is 293 g/mol. The molecule has 1 atom stereocenters. The van der Waals surface area contributed by atoms with Crippen LogP contribution in [0.5, 0.6) is 0 Å². The van der Waals surface area contributed by atoms with E-state index in [0.29, 0.717) is 15.6 Å². The van der Waals surface area contributed by atoms with E-state index < -0.39 is 6.10 Å². The molecule has 20 heavy (non-hydrogen) atoms. The summed E-state index contributed by atoms with van der Waals surface area (Å²) in [5.41, 5.74) is 2.25. The number of aliphatic hydroxyl groups is 1. The number of aromatic nitrogens is 1. The number of halogens is 2. The summed E-state index contributed by atoms with van der Waals surface area (Å²) >= 11 is 12.1. The molecule has 0 aliphatic heterocycles. The first-order chi connectivity index (χ1) is 9.66. The third-order valence-corrected chi connectivity index (χ3v) is 4.05. The standard InChI is InChI=1S/C16H11Cl2NO/c17-13-5-1-4-12(15(13)18)16(20)11-6-7-14-10(9-11)3-2-8-19-14/h1-9,16,20H. The topological polar surface area (TPSA) is 33.1 Å². The maximum atomic E-state index is 10.5. The minimum absolute atomic E-state index is 0.382. The number of rotatable bonds is 2. The average Bonchev–Trinajstić information content (AvgIpc) is 2.49. The maximum absolute atomic E-state index is 10.5. The van der Waals surface area contributed by atoms with Crippen LogP contribution in [0.15, 0.2) is 54.7 Å². The monoisotopic (exact) mass is 303 g/mol. The number of nitrogens with zero attached hydrogens (tertiary/aromatic N) is 1. The van der Waals surface area contributed by atoms with E-state index in [0.717, 1.165) is 16.5 Å². The molecule has 0 fully saturated rings. The molecule has 3 aromatic rings. The van der Waals surface area contributed by atoms with E-state index in [9.17, 15) is 5.11 Å². The zero-order valence-corrected chi connectivity index (χ0v) is 11.9. The number of benzene rings is 2. The second-order valence-electron chi connectivity index (χ2n) is 4.50. The first-order valence-corrected chi connectivity index (χ1v) is 6.89. The van der Waals surface area contributed by atoms with Gasteiger partial charge in [-0.1, -0.05) is 47.5 Å². The van der Waals surface area contributed by atoms with Gasteiger partial charge in [0.1, 0.15) is 6.10 Å². The van der Waals surface area contributed by atoms with Gasteiger partial charge in [-0.15, -0.1) is 0 Å². The van der Waals surface area contributed by atoms with Gasteiger partial charge < -0.3 is 5.11 Å². The molecule has 2 aromatic carbocycles. The minimum atomic E-state index is -0.814. The van der Waals surface area contributed by atoms with E-state index in [1.54, 1.807) is 24.4 Å². The van der Waals surface area contributed by atoms with Crippen LogP contribution in [0, 0.1) is 0 Å². The van der Waals surface area contributed by atoms with Crippen molar-refractivity contribution >= 4 is 34.1 Å².